The number of nitrogens with one attached hydrogen (secondary N) is 2. The molecule has 0 aliphatic carbocycles. The zero-order chi connectivity index (χ0) is 27.9. The highest BCUT2D eigenvalue weighted by Gasteiger charge is 2.25. The minimum Gasteiger partial charge on any atom is -0.497 e. The van der Waals surface area contributed by atoms with Crippen molar-refractivity contribution in [3.05, 3.63) is 85.9 Å². The predicted octanol–water partition coefficient (Wildman–Crippen LogP) is 5.51. The Hall–Kier alpha value is -2.99. The summed E-state index contributed by atoms with van der Waals surface area (Å²) in [5.41, 5.74) is 1.14. The Kier molecular flexibility index (Phi) is 10.3. The monoisotopic (exact) mass is 597 g/mol. The number of sulfone groups is 1. The predicted molar refractivity (Wildman–Crippen MR) is 150 cm³/mol. The smallest absolute Gasteiger partial charge is 0.273 e. The average Bonchev–Trinajstić information content (AvgIpc) is 2.88. The van der Waals surface area contributed by atoms with Crippen LogP contribution >= 0.6 is 35.0 Å². The summed E-state index contributed by atoms with van der Waals surface area (Å²) in [5, 5.41) is 18.1. The molecule has 3 aromatic carbocycles. The lowest BCUT2D eigenvalue weighted by molar-refractivity contribution is -0.385. The van der Waals surface area contributed by atoms with E-state index in [0.717, 1.165) is 11.6 Å². The van der Waals surface area contributed by atoms with E-state index in [-0.39, 0.29) is 39.4 Å². The molecule has 0 radical (unpaired) electrons. The van der Waals surface area contributed by atoms with E-state index in [4.69, 9.17) is 27.9 Å². The van der Waals surface area contributed by atoms with Crippen LogP contribution in [0.1, 0.15) is 11.1 Å². The fourth-order valence-electron chi connectivity index (χ4n) is 3.40. The van der Waals surface area contributed by atoms with E-state index in [1.165, 1.54) is 38.3 Å². The first-order valence-corrected chi connectivity index (χ1v) is 14.6. The normalized spacial score (nSPS) is 11.2. The highest BCUT2D eigenvalue weighted by molar-refractivity contribution is 7.98. The Labute approximate surface area is 234 Å². The van der Waals surface area contributed by atoms with Gasteiger partial charge in [0.05, 0.1) is 34.1 Å². The SMILES string of the molecule is COc1ccc(NCC(=O)NCCSCc2ccc(Cl)cc2Cl)c(S(=O)(=O)c2ccc(C)c([N+](=O)[O-])c2)c1. The van der Waals surface area contributed by atoms with E-state index in [1.807, 2.05) is 6.07 Å². The van der Waals surface area contributed by atoms with Crippen molar-refractivity contribution in [1.29, 1.82) is 0 Å². The van der Waals surface area contributed by atoms with Gasteiger partial charge >= 0.3 is 0 Å². The molecule has 202 valence electrons. The van der Waals surface area contributed by atoms with Crippen LogP contribution in [-0.2, 0) is 20.4 Å². The van der Waals surface area contributed by atoms with Crippen molar-refractivity contribution in [3.63, 3.8) is 0 Å². The molecule has 0 unspecified atom stereocenters. The largest absolute Gasteiger partial charge is 0.497 e. The maximum absolute atomic E-state index is 13.4. The van der Waals surface area contributed by atoms with Gasteiger partial charge in [0.15, 0.2) is 0 Å². The molecule has 0 bridgehead atoms. The number of amides is 1. The van der Waals surface area contributed by atoms with Gasteiger partial charge in [-0.05, 0) is 42.8 Å². The maximum atomic E-state index is 13.4. The Morgan fingerprint density at radius 2 is 1.87 bits per heavy atom. The first kappa shape index (κ1) is 29.6. The van der Waals surface area contributed by atoms with Crippen LogP contribution in [0.2, 0.25) is 10.0 Å². The highest BCUT2D eigenvalue weighted by atomic mass is 35.5. The fraction of sp³-hybridized carbons (Fsp3) is 0.240. The summed E-state index contributed by atoms with van der Waals surface area (Å²) in [7, 11) is -2.79. The molecule has 2 N–H and O–H groups in total. The summed E-state index contributed by atoms with van der Waals surface area (Å²) < 4.78 is 32.0. The lowest BCUT2D eigenvalue weighted by atomic mass is 10.2. The van der Waals surface area contributed by atoms with Crippen molar-refractivity contribution in [2.24, 2.45) is 0 Å². The third-order valence-corrected chi connectivity index (χ3v) is 8.83. The number of hydrogen-bond acceptors (Lipinski definition) is 8. The number of nitrogens with zero attached hydrogens (tertiary/aromatic N) is 1. The Morgan fingerprint density at radius 3 is 2.55 bits per heavy atom. The Balaban J connectivity index is 1.64. The van der Waals surface area contributed by atoms with Crippen LogP contribution in [0.3, 0.4) is 0 Å². The lowest BCUT2D eigenvalue weighted by Crippen LogP contribution is -2.31. The first-order chi connectivity index (χ1) is 18.0. The molecule has 0 fully saturated rings. The molecule has 13 heteroatoms. The second-order valence-electron chi connectivity index (χ2n) is 8.06. The quantitative estimate of drug-likeness (QED) is 0.159. The topological polar surface area (TPSA) is 128 Å². The molecule has 0 aromatic heterocycles. The number of hydrogen-bond donors (Lipinski definition) is 2. The molecule has 0 aliphatic rings. The van der Waals surface area contributed by atoms with E-state index in [2.05, 4.69) is 10.6 Å². The van der Waals surface area contributed by atoms with Gasteiger partial charge in [0, 0.05) is 45.8 Å². The second kappa shape index (κ2) is 13.2. The van der Waals surface area contributed by atoms with E-state index < -0.39 is 14.8 Å². The van der Waals surface area contributed by atoms with Gasteiger partial charge in [0.2, 0.25) is 15.7 Å². The molecule has 3 rings (SSSR count). The minimum atomic E-state index is -4.18. The molecule has 3 aromatic rings. The summed E-state index contributed by atoms with van der Waals surface area (Å²) in [6, 6.07) is 13.4. The molecular formula is C25H25Cl2N3O6S2. The van der Waals surface area contributed by atoms with Crippen LogP contribution < -0.4 is 15.4 Å². The number of ether oxygens (including phenoxy) is 1. The number of nitro benzene ring substituents is 1. The Bertz CT molecular complexity index is 1450. The zero-order valence-electron chi connectivity index (χ0n) is 20.5. The molecule has 38 heavy (non-hydrogen) atoms. The Morgan fingerprint density at radius 1 is 1.11 bits per heavy atom. The summed E-state index contributed by atoms with van der Waals surface area (Å²) in [5.74, 6) is 1.24. The van der Waals surface area contributed by atoms with Crippen LogP contribution in [0.15, 0.2) is 64.4 Å². The maximum Gasteiger partial charge on any atom is 0.273 e. The van der Waals surface area contributed by atoms with Crippen LogP contribution in [-0.4, -0.2) is 45.2 Å². The van der Waals surface area contributed by atoms with Gasteiger partial charge in [-0.3, -0.25) is 14.9 Å². The van der Waals surface area contributed by atoms with Gasteiger partial charge in [-0.2, -0.15) is 11.8 Å². The molecule has 1 amide bonds. The van der Waals surface area contributed by atoms with Gasteiger partial charge in [0.25, 0.3) is 5.69 Å². The minimum absolute atomic E-state index is 0.163. The number of methoxy groups -OCH3 is 1. The van der Waals surface area contributed by atoms with E-state index >= 15 is 0 Å². The highest BCUT2D eigenvalue weighted by Crippen LogP contribution is 2.33. The third-order valence-electron chi connectivity index (χ3n) is 5.45. The molecule has 0 aliphatic heterocycles. The van der Waals surface area contributed by atoms with Crippen LogP contribution in [0.5, 0.6) is 5.75 Å². The van der Waals surface area contributed by atoms with Crippen molar-refractivity contribution in [2.45, 2.75) is 22.5 Å². The fourth-order valence-corrected chi connectivity index (χ4v) is 6.29. The number of nitro groups is 1. The van der Waals surface area contributed by atoms with E-state index in [0.29, 0.717) is 33.7 Å². The van der Waals surface area contributed by atoms with Crippen LogP contribution in [0, 0.1) is 17.0 Å². The number of rotatable bonds is 12. The van der Waals surface area contributed by atoms with Gasteiger partial charge < -0.3 is 15.4 Å². The molecular weight excluding hydrogens is 573 g/mol. The first-order valence-electron chi connectivity index (χ1n) is 11.2. The molecule has 0 saturated heterocycles. The van der Waals surface area contributed by atoms with Crippen molar-refractivity contribution in [1.82, 2.24) is 5.32 Å². The number of aryl methyl sites for hydroxylation is 1. The number of anilines is 1. The number of benzene rings is 3. The average molecular weight is 599 g/mol. The van der Waals surface area contributed by atoms with Gasteiger partial charge in [0.1, 0.15) is 5.75 Å². The summed E-state index contributed by atoms with van der Waals surface area (Å²) >= 11 is 13.7. The number of carbonyl (C=O) groups excluding carboxylic acids is 1. The molecule has 0 saturated carbocycles. The van der Waals surface area contributed by atoms with Crippen molar-refractivity contribution >= 4 is 62.1 Å². The van der Waals surface area contributed by atoms with Gasteiger partial charge in [-0.25, -0.2) is 8.42 Å². The lowest BCUT2D eigenvalue weighted by Gasteiger charge is -2.14. The molecule has 9 nitrogen and oxygen atoms in total. The van der Waals surface area contributed by atoms with Gasteiger partial charge in [-0.1, -0.05) is 35.3 Å². The van der Waals surface area contributed by atoms with Crippen LogP contribution in [0.25, 0.3) is 0 Å². The van der Waals surface area contributed by atoms with Crippen molar-refractivity contribution < 1.29 is 22.9 Å². The summed E-state index contributed by atoms with van der Waals surface area (Å²) in [4.78, 5) is 22.7. The summed E-state index contributed by atoms with van der Waals surface area (Å²) in [6.07, 6.45) is 0. The third kappa shape index (κ3) is 7.53. The zero-order valence-corrected chi connectivity index (χ0v) is 23.6. The van der Waals surface area contributed by atoms with Crippen molar-refractivity contribution in [3.8, 4) is 5.75 Å². The number of halogens is 2. The van der Waals surface area contributed by atoms with E-state index in [9.17, 15) is 23.3 Å². The number of carbonyl (C=O) groups is 1. The summed E-state index contributed by atoms with van der Waals surface area (Å²) in [6.45, 7) is 1.74. The van der Waals surface area contributed by atoms with Crippen molar-refractivity contribution in [2.75, 3.05) is 31.3 Å². The molecule has 0 heterocycles. The van der Waals surface area contributed by atoms with E-state index in [1.54, 1.807) is 30.0 Å². The molecule has 0 atom stereocenters. The standard InChI is InChI=1S/C25H25Cl2N3O6S2/c1-16-3-7-20(13-23(16)30(32)33)38(34,35)24-12-19(36-2)6-8-22(24)29-14-25(31)28-9-10-37-15-17-4-5-18(26)11-21(17)27/h3-8,11-13,29H,9-10,14-15H2,1-2H3,(H,28,31). The number of thioether (sulfide) groups is 1. The second-order valence-corrected chi connectivity index (χ2v) is 11.9. The van der Waals surface area contributed by atoms with Crippen LogP contribution in [0.4, 0.5) is 11.4 Å². The molecule has 0 spiro atoms. The van der Waals surface area contributed by atoms with Gasteiger partial charge in [-0.15, -0.1) is 0 Å².